The van der Waals surface area contributed by atoms with E-state index >= 15 is 0 Å². The molecular formula is C33H33F2NO2. The summed E-state index contributed by atoms with van der Waals surface area (Å²) >= 11 is 0. The van der Waals surface area contributed by atoms with Crippen LogP contribution in [-0.2, 0) is 6.42 Å². The number of carbonyl (C=O) groups is 1. The SMILES string of the molecule is Cc1cc(F)ccc1C1=C(c2ccc(/C=C3/CCN(CCCF)C3)cc2)c2ccc(C(=O)O)cc2CCC1. The number of aryl methyl sites for hydroxylation is 2. The van der Waals surface area contributed by atoms with E-state index in [-0.39, 0.29) is 12.5 Å². The van der Waals surface area contributed by atoms with Gasteiger partial charge in [-0.2, -0.15) is 0 Å². The Hall–Kier alpha value is -3.57. The van der Waals surface area contributed by atoms with E-state index in [0.29, 0.717) is 12.0 Å². The minimum absolute atomic E-state index is 0.249. The monoisotopic (exact) mass is 513 g/mol. The van der Waals surface area contributed by atoms with Crippen LogP contribution in [0, 0.1) is 12.7 Å². The summed E-state index contributed by atoms with van der Waals surface area (Å²) in [5.74, 6) is -1.18. The third-order valence-corrected chi connectivity index (χ3v) is 7.66. The number of likely N-dealkylation sites (tertiary alicyclic amines) is 1. The van der Waals surface area contributed by atoms with Crippen LogP contribution in [0.5, 0.6) is 0 Å². The Balaban J connectivity index is 1.56. The molecule has 1 saturated heterocycles. The minimum Gasteiger partial charge on any atom is -0.478 e. The fourth-order valence-electron chi connectivity index (χ4n) is 5.81. The molecule has 3 nitrogen and oxygen atoms in total. The number of allylic oxidation sites excluding steroid dienone is 1. The van der Waals surface area contributed by atoms with Crippen LogP contribution in [0.25, 0.3) is 17.2 Å². The topological polar surface area (TPSA) is 40.5 Å². The summed E-state index contributed by atoms with van der Waals surface area (Å²) in [5.41, 5.74) is 10.1. The number of nitrogens with zero attached hydrogens (tertiary/aromatic N) is 1. The number of halogens is 2. The molecule has 0 amide bonds. The molecule has 3 aromatic rings. The highest BCUT2D eigenvalue weighted by molar-refractivity contribution is 6.01. The molecule has 0 atom stereocenters. The normalized spacial score (nSPS) is 17.1. The van der Waals surface area contributed by atoms with E-state index in [1.54, 1.807) is 18.2 Å². The molecule has 0 aromatic heterocycles. The summed E-state index contributed by atoms with van der Waals surface area (Å²) in [7, 11) is 0. The average Bonchev–Trinajstić information content (AvgIpc) is 3.26. The summed E-state index contributed by atoms with van der Waals surface area (Å²) in [6.45, 7) is 4.34. The molecule has 38 heavy (non-hydrogen) atoms. The van der Waals surface area contributed by atoms with Crippen molar-refractivity contribution in [1.82, 2.24) is 4.90 Å². The van der Waals surface area contributed by atoms with Crippen molar-refractivity contribution in [1.29, 1.82) is 0 Å². The first kappa shape index (κ1) is 26.1. The van der Waals surface area contributed by atoms with Crippen LogP contribution >= 0.6 is 0 Å². The van der Waals surface area contributed by atoms with Crippen LogP contribution in [0.15, 0.2) is 66.2 Å². The van der Waals surface area contributed by atoms with Crippen molar-refractivity contribution in [2.24, 2.45) is 0 Å². The lowest BCUT2D eigenvalue weighted by Gasteiger charge is -2.18. The predicted molar refractivity (Wildman–Crippen MR) is 149 cm³/mol. The van der Waals surface area contributed by atoms with Crippen LogP contribution in [-0.4, -0.2) is 42.3 Å². The molecule has 0 unspecified atom stereocenters. The van der Waals surface area contributed by atoms with Crippen LogP contribution in [0.2, 0.25) is 0 Å². The second kappa shape index (κ2) is 11.4. The zero-order valence-corrected chi connectivity index (χ0v) is 21.8. The lowest BCUT2D eigenvalue weighted by Crippen LogP contribution is -2.20. The highest BCUT2D eigenvalue weighted by atomic mass is 19.1. The van der Waals surface area contributed by atoms with Crippen molar-refractivity contribution >= 4 is 23.2 Å². The average molecular weight is 514 g/mol. The van der Waals surface area contributed by atoms with Crippen molar-refractivity contribution in [2.75, 3.05) is 26.3 Å². The molecule has 196 valence electrons. The molecule has 5 heteroatoms. The highest BCUT2D eigenvalue weighted by Gasteiger charge is 2.22. The second-order valence-electron chi connectivity index (χ2n) is 10.3. The van der Waals surface area contributed by atoms with Crippen molar-refractivity contribution in [2.45, 2.75) is 39.0 Å². The van der Waals surface area contributed by atoms with Crippen molar-refractivity contribution < 1.29 is 18.7 Å². The number of carboxylic acids is 1. The molecule has 5 rings (SSSR count). The van der Waals surface area contributed by atoms with Crippen LogP contribution in [0.3, 0.4) is 0 Å². The summed E-state index contributed by atoms with van der Waals surface area (Å²) in [5, 5.41) is 9.57. The van der Waals surface area contributed by atoms with Gasteiger partial charge in [-0.05, 0) is 108 Å². The standard InChI is InChI=1S/C33H33F2NO2/c1-22-18-28(35)11-13-29(22)31-5-2-4-26-20-27(33(37)38)10-12-30(26)32(31)25-8-6-23(7-9-25)19-24-14-17-36(21-24)16-3-15-34/h6-13,18-20H,2-5,14-17,21H2,1H3,(H,37,38)/b24-19-. The summed E-state index contributed by atoms with van der Waals surface area (Å²) in [6, 6.07) is 18.9. The van der Waals surface area contributed by atoms with Gasteiger partial charge in [0.1, 0.15) is 5.82 Å². The van der Waals surface area contributed by atoms with E-state index in [1.807, 2.05) is 19.1 Å². The van der Waals surface area contributed by atoms with Crippen molar-refractivity contribution in [3.8, 4) is 0 Å². The van der Waals surface area contributed by atoms with Crippen molar-refractivity contribution in [3.63, 3.8) is 0 Å². The van der Waals surface area contributed by atoms with Gasteiger partial charge in [0.05, 0.1) is 12.2 Å². The van der Waals surface area contributed by atoms with E-state index in [0.717, 1.165) is 89.8 Å². The minimum atomic E-state index is -0.926. The molecule has 1 N–H and O–H groups in total. The van der Waals surface area contributed by atoms with Gasteiger partial charge in [0, 0.05) is 19.6 Å². The van der Waals surface area contributed by atoms with Gasteiger partial charge in [-0.25, -0.2) is 9.18 Å². The number of aromatic carboxylic acids is 1. The van der Waals surface area contributed by atoms with Gasteiger partial charge in [-0.1, -0.05) is 48.0 Å². The quantitative estimate of drug-likeness (QED) is 0.354. The maximum atomic E-state index is 14.0. The van der Waals surface area contributed by atoms with Gasteiger partial charge in [0.2, 0.25) is 0 Å². The van der Waals surface area contributed by atoms with Gasteiger partial charge in [-0.15, -0.1) is 0 Å². The summed E-state index contributed by atoms with van der Waals surface area (Å²) in [4.78, 5) is 14.0. The van der Waals surface area contributed by atoms with Crippen molar-refractivity contribution in [3.05, 3.63) is 111 Å². The fraction of sp³-hybridized carbons (Fsp3) is 0.303. The van der Waals surface area contributed by atoms with Crippen LogP contribution < -0.4 is 0 Å². The molecule has 0 saturated carbocycles. The summed E-state index contributed by atoms with van der Waals surface area (Å²) in [6.07, 6.45) is 6.31. The second-order valence-corrected chi connectivity index (χ2v) is 10.3. The number of carboxylic acid groups (broad SMARTS) is 1. The number of benzene rings is 3. The van der Waals surface area contributed by atoms with Gasteiger partial charge < -0.3 is 5.11 Å². The molecule has 0 bridgehead atoms. The number of hydrogen-bond donors (Lipinski definition) is 1. The van der Waals surface area contributed by atoms with Gasteiger partial charge in [0.25, 0.3) is 0 Å². The van der Waals surface area contributed by atoms with Gasteiger partial charge >= 0.3 is 5.97 Å². The lowest BCUT2D eigenvalue weighted by molar-refractivity contribution is 0.0696. The largest absolute Gasteiger partial charge is 0.478 e. The zero-order chi connectivity index (χ0) is 26.6. The van der Waals surface area contributed by atoms with Gasteiger partial charge in [-0.3, -0.25) is 9.29 Å². The maximum Gasteiger partial charge on any atom is 0.335 e. The molecule has 2 aliphatic rings. The molecule has 1 aliphatic heterocycles. The zero-order valence-electron chi connectivity index (χ0n) is 21.8. The molecule has 1 fully saturated rings. The molecule has 0 spiro atoms. The fourth-order valence-corrected chi connectivity index (χ4v) is 5.81. The van der Waals surface area contributed by atoms with Crippen LogP contribution in [0.1, 0.15) is 69.4 Å². The smallest absolute Gasteiger partial charge is 0.335 e. The van der Waals surface area contributed by atoms with Gasteiger partial charge in [0.15, 0.2) is 0 Å². The highest BCUT2D eigenvalue weighted by Crippen LogP contribution is 2.41. The van der Waals surface area contributed by atoms with E-state index in [2.05, 4.69) is 35.2 Å². The van der Waals surface area contributed by atoms with E-state index in [4.69, 9.17) is 0 Å². The number of hydrogen-bond acceptors (Lipinski definition) is 2. The lowest BCUT2D eigenvalue weighted by atomic mass is 9.86. The Kier molecular flexibility index (Phi) is 7.85. The first-order valence-electron chi connectivity index (χ1n) is 13.4. The maximum absolute atomic E-state index is 14.0. The summed E-state index contributed by atoms with van der Waals surface area (Å²) < 4.78 is 26.5. The Morgan fingerprint density at radius 1 is 1.00 bits per heavy atom. The Morgan fingerprint density at radius 2 is 1.79 bits per heavy atom. The predicted octanol–water partition coefficient (Wildman–Crippen LogP) is 7.58. The number of rotatable bonds is 7. The number of fused-ring (bicyclic) bond motifs is 1. The Bertz CT molecular complexity index is 1400. The number of alkyl halides is 1. The Morgan fingerprint density at radius 3 is 2.53 bits per heavy atom. The first-order chi connectivity index (χ1) is 18.4. The van der Waals surface area contributed by atoms with E-state index in [1.165, 1.54) is 11.6 Å². The van der Waals surface area contributed by atoms with Crippen LogP contribution in [0.4, 0.5) is 8.78 Å². The molecular weight excluding hydrogens is 480 g/mol. The first-order valence-corrected chi connectivity index (χ1v) is 13.4. The third kappa shape index (κ3) is 5.63. The molecule has 3 aromatic carbocycles. The molecule has 1 heterocycles. The molecule has 0 radical (unpaired) electrons. The van der Waals surface area contributed by atoms with E-state index < -0.39 is 5.97 Å². The Labute approximate surface area is 223 Å². The van der Waals surface area contributed by atoms with E-state index in [9.17, 15) is 18.7 Å². The molecule has 1 aliphatic carbocycles. The third-order valence-electron chi connectivity index (χ3n) is 7.66.